The van der Waals surface area contributed by atoms with E-state index < -0.39 is 18.0 Å². The van der Waals surface area contributed by atoms with Gasteiger partial charge in [-0.3, -0.25) is 10.2 Å². The molecule has 1 atom stereocenters. The maximum Gasteiger partial charge on any atom is 0.412 e. The molecular formula is C22H24N3O6S+. The van der Waals surface area contributed by atoms with Gasteiger partial charge in [0.05, 0.1) is 10.4 Å². The van der Waals surface area contributed by atoms with Crippen LogP contribution in [0.4, 0.5) is 10.6 Å². The number of amides is 1. The lowest BCUT2D eigenvalue weighted by atomic mass is 9.79. The Balaban J connectivity index is 1.33. The van der Waals surface area contributed by atoms with Crippen molar-refractivity contribution >= 4 is 35.2 Å². The van der Waals surface area contributed by atoms with Crippen molar-refractivity contribution in [2.45, 2.75) is 12.8 Å². The lowest BCUT2D eigenvalue weighted by Crippen LogP contribution is -2.62. The SMILES string of the molecule is O=C(O)/C=C/C(=O)O[N+]12CCC(CC1)C(COC(=O)Nc1ncsc1-c1ccccc1)C2. The van der Waals surface area contributed by atoms with E-state index in [4.69, 9.17) is 14.7 Å². The van der Waals surface area contributed by atoms with E-state index in [0.29, 0.717) is 31.4 Å². The molecule has 2 aromatic rings. The number of ether oxygens (including phenoxy) is 1. The number of quaternary nitrogens is 1. The number of nitrogens with zero attached hydrogens (tertiary/aromatic N) is 2. The summed E-state index contributed by atoms with van der Waals surface area (Å²) in [5.41, 5.74) is 2.64. The summed E-state index contributed by atoms with van der Waals surface area (Å²) in [6.45, 7) is 2.11. The third-order valence-corrected chi connectivity index (χ3v) is 6.82. The zero-order valence-corrected chi connectivity index (χ0v) is 18.1. The highest BCUT2D eigenvalue weighted by Crippen LogP contribution is 2.38. The number of benzene rings is 1. The van der Waals surface area contributed by atoms with Gasteiger partial charge in [-0.2, -0.15) is 0 Å². The molecule has 1 unspecified atom stereocenters. The summed E-state index contributed by atoms with van der Waals surface area (Å²) in [7, 11) is 0. The predicted molar refractivity (Wildman–Crippen MR) is 116 cm³/mol. The summed E-state index contributed by atoms with van der Waals surface area (Å²) in [4.78, 5) is 45.7. The second kappa shape index (κ2) is 9.49. The fourth-order valence-corrected chi connectivity index (χ4v) is 5.16. The molecule has 1 aromatic heterocycles. The van der Waals surface area contributed by atoms with Gasteiger partial charge < -0.3 is 9.84 Å². The van der Waals surface area contributed by atoms with E-state index in [-0.39, 0.29) is 17.2 Å². The lowest BCUT2D eigenvalue weighted by Gasteiger charge is -2.48. The number of fused-ring (bicyclic) bond motifs is 3. The van der Waals surface area contributed by atoms with Crippen LogP contribution in [0.25, 0.3) is 10.4 Å². The number of carboxylic acids is 1. The minimum absolute atomic E-state index is 0.0588. The molecule has 2 bridgehead atoms. The van der Waals surface area contributed by atoms with Crippen molar-refractivity contribution in [3.8, 4) is 10.4 Å². The Kier molecular flexibility index (Phi) is 6.52. The van der Waals surface area contributed by atoms with E-state index in [1.807, 2.05) is 30.3 Å². The molecule has 3 fully saturated rings. The van der Waals surface area contributed by atoms with Crippen LogP contribution in [0.1, 0.15) is 12.8 Å². The van der Waals surface area contributed by atoms with E-state index in [0.717, 1.165) is 35.4 Å². The van der Waals surface area contributed by atoms with E-state index in [1.54, 1.807) is 5.51 Å². The average Bonchev–Trinajstić information content (AvgIpc) is 3.25. The zero-order valence-electron chi connectivity index (χ0n) is 17.3. The number of rotatable bonds is 7. The van der Waals surface area contributed by atoms with Crippen molar-refractivity contribution in [2.24, 2.45) is 11.8 Å². The zero-order chi connectivity index (χ0) is 22.6. The summed E-state index contributed by atoms with van der Waals surface area (Å²) in [5, 5.41) is 11.4. The molecule has 10 heteroatoms. The molecule has 0 spiro atoms. The number of nitrogens with one attached hydrogen (secondary N) is 1. The van der Waals surface area contributed by atoms with Crippen LogP contribution >= 0.6 is 11.3 Å². The van der Waals surface area contributed by atoms with Gasteiger partial charge in [-0.25, -0.2) is 19.4 Å². The summed E-state index contributed by atoms with van der Waals surface area (Å²) in [6.07, 6.45) is 2.83. The van der Waals surface area contributed by atoms with Crippen LogP contribution in [0.2, 0.25) is 0 Å². The topological polar surface area (TPSA) is 115 Å². The molecule has 0 saturated carbocycles. The van der Waals surface area contributed by atoms with Crippen molar-refractivity contribution in [3.05, 3.63) is 48.0 Å². The molecule has 2 N–H and O–H groups in total. The first-order valence-corrected chi connectivity index (χ1v) is 11.3. The van der Waals surface area contributed by atoms with Gasteiger partial charge in [0.1, 0.15) is 26.2 Å². The number of hydrogen-bond acceptors (Lipinski definition) is 7. The number of carboxylic acid groups (broad SMARTS) is 1. The normalized spacial score (nSPS) is 24.2. The molecule has 3 saturated heterocycles. The highest BCUT2D eigenvalue weighted by molar-refractivity contribution is 7.13. The molecule has 0 aliphatic carbocycles. The minimum Gasteiger partial charge on any atom is -0.478 e. The molecular weight excluding hydrogens is 434 g/mol. The molecule has 9 nitrogen and oxygen atoms in total. The number of piperidine rings is 3. The first kappa shape index (κ1) is 22.0. The third-order valence-electron chi connectivity index (χ3n) is 5.95. The molecule has 3 aliphatic heterocycles. The monoisotopic (exact) mass is 458 g/mol. The molecule has 168 valence electrons. The molecule has 3 aliphatic rings. The minimum atomic E-state index is -1.20. The Morgan fingerprint density at radius 1 is 1.19 bits per heavy atom. The molecule has 4 heterocycles. The van der Waals surface area contributed by atoms with Gasteiger partial charge in [-0.05, 0) is 11.5 Å². The van der Waals surface area contributed by atoms with Crippen LogP contribution in [0.15, 0.2) is 48.0 Å². The summed E-state index contributed by atoms with van der Waals surface area (Å²) < 4.78 is 5.64. The average molecular weight is 459 g/mol. The molecule has 1 aromatic carbocycles. The van der Waals surface area contributed by atoms with E-state index in [2.05, 4.69) is 10.3 Å². The summed E-state index contributed by atoms with van der Waals surface area (Å²) >= 11 is 1.44. The fourth-order valence-electron chi connectivity index (χ4n) is 4.41. The fraction of sp³-hybridized carbons (Fsp3) is 0.364. The largest absolute Gasteiger partial charge is 0.478 e. The van der Waals surface area contributed by atoms with Gasteiger partial charge in [0.2, 0.25) is 0 Å². The van der Waals surface area contributed by atoms with E-state index in [9.17, 15) is 14.4 Å². The van der Waals surface area contributed by atoms with Gasteiger partial charge in [0.25, 0.3) is 0 Å². The number of carbonyl (C=O) groups is 3. The van der Waals surface area contributed by atoms with Crippen LogP contribution in [-0.4, -0.2) is 59.0 Å². The summed E-state index contributed by atoms with van der Waals surface area (Å²) in [6, 6.07) is 9.68. The first-order chi connectivity index (χ1) is 15.4. The molecule has 1 amide bonds. The number of thiazole rings is 1. The van der Waals surface area contributed by atoms with Crippen molar-refractivity contribution in [1.82, 2.24) is 4.98 Å². The number of aliphatic carboxylic acids is 1. The Morgan fingerprint density at radius 3 is 2.66 bits per heavy atom. The third kappa shape index (κ3) is 5.14. The van der Waals surface area contributed by atoms with E-state index in [1.165, 1.54) is 11.3 Å². The highest BCUT2D eigenvalue weighted by Gasteiger charge is 2.49. The van der Waals surface area contributed by atoms with Gasteiger partial charge in [-0.15, -0.1) is 16.0 Å². The smallest absolute Gasteiger partial charge is 0.412 e. The Hall–Kier alpha value is -3.24. The quantitative estimate of drug-likeness (QED) is 0.483. The summed E-state index contributed by atoms with van der Waals surface area (Å²) in [5.74, 6) is -0.962. The van der Waals surface area contributed by atoms with Crippen molar-refractivity contribution in [2.75, 3.05) is 31.6 Å². The standard InChI is InChI=1S/C22H23N3O6S/c26-18(27)6-7-19(28)31-25-10-8-15(9-11-25)17(12-25)13-30-22(29)24-21-20(32-14-23-21)16-4-2-1-3-5-16/h1-7,14-15,17H,8-13H2,(H-,24,26,27,29)/p+1/b7-6+. The van der Waals surface area contributed by atoms with Crippen molar-refractivity contribution in [1.29, 1.82) is 0 Å². The lowest BCUT2D eigenvalue weighted by molar-refractivity contribution is -1.10. The first-order valence-electron chi connectivity index (χ1n) is 10.4. The number of hydrogen-bond donors (Lipinski definition) is 2. The number of aromatic nitrogens is 1. The van der Waals surface area contributed by atoms with Crippen LogP contribution < -0.4 is 5.32 Å². The van der Waals surface area contributed by atoms with Gasteiger partial charge in [0, 0.05) is 30.9 Å². The molecule has 5 rings (SSSR count). The Labute approximate surface area is 188 Å². The van der Waals surface area contributed by atoms with Crippen LogP contribution in [0.3, 0.4) is 0 Å². The predicted octanol–water partition coefficient (Wildman–Crippen LogP) is 3.31. The van der Waals surface area contributed by atoms with Gasteiger partial charge in [-0.1, -0.05) is 30.3 Å². The second-order valence-corrected chi connectivity index (χ2v) is 8.84. The highest BCUT2D eigenvalue weighted by atomic mass is 32.1. The van der Waals surface area contributed by atoms with Crippen molar-refractivity contribution < 1.29 is 33.7 Å². The maximum atomic E-state index is 12.4. The number of anilines is 1. The second-order valence-electron chi connectivity index (χ2n) is 7.99. The number of hydroxylamine groups is 3. The van der Waals surface area contributed by atoms with Gasteiger partial charge in [0.15, 0.2) is 5.82 Å². The van der Waals surface area contributed by atoms with E-state index >= 15 is 0 Å². The number of carbonyl (C=O) groups excluding carboxylic acids is 2. The maximum absolute atomic E-state index is 12.4. The molecule has 0 radical (unpaired) electrons. The molecule has 32 heavy (non-hydrogen) atoms. The van der Waals surface area contributed by atoms with Crippen LogP contribution in [-0.2, 0) is 19.2 Å². The van der Waals surface area contributed by atoms with Crippen molar-refractivity contribution in [3.63, 3.8) is 0 Å². The Morgan fingerprint density at radius 2 is 1.94 bits per heavy atom. The van der Waals surface area contributed by atoms with Crippen LogP contribution in [0, 0.1) is 11.8 Å². The van der Waals surface area contributed by atoms with Gasteiger partial charge >= 0.3 is 18.0 Å². The van der Waals surface area contributed by atoms with Crippen LogP contribution in [0.5, 0.6) is 0 Å². The Bertz CT molecular complexity index is 1010.